The normalized spacial score (nSPS) is 18.2. The summed E-state index contributed by atoms with van der Waals surface area (Å²) in [5.41, 5.74) is 7.04. The monoisotopic (exact) mass is 1260 g/mol. The van der Waals surface area contributed by atoms with E-state index in [4.69, 9.17) is 37.5 Å². The van der Waals surface area contributed by atoms with Gasteiger partial charge in [0.2, 0.25) is 0 Å². The van der Waals surface area contributed by atoms with Crippen molar-refractivity contribution in [1.29, 1.82) is 21.0 Å². The van der Waals surface area contributed by atoms with Crippen LogP contribution in [0.3, 0.4) is 0 Å². The number of aryl methyl sites for hydroxylation is 1. The molecule has 0 spiro atoms. The van der Waals surface area contributed by atoms with E-state index in [0.29, 0.717) is 40.4 Å². The number of aliphatic imine (C=N–C) groups is 1. The minimum absolute atomic E-state index is 0.0376. The number of rotatable bonds is 2. The molecule has 1 amide bonds. The fourth-order valence-electron chi connectivity index (χ4n) is 9.86. The number of carbonyl (C=O) groups is 2. The van der Waals surface area contributed by atoms with E-state index in [1.54, 1.807) is 30.5 Å². The number of thiazole rings is 1. The van der Waals surface area contributed by atoms with Crippen LogP contribution in [0.4, 0.5) is 0 Å². The maximum absolute atomic E-state index is 12.1. The van der Waals surface area contributed by atoms with Gasteiger partial charge < -0.3 is 14.0 Å². The zero-order valence-corrected chi connectivity index (χ0v) is 60.5. The number of benzene rings is 2. The van der Waals surface area contributed by atoms with Crippen molar-refractivity contribution in [3.05, 3.63) is 166 Å². The number of Topliss-reactive ketones (excluding diaryl/α,β-unsaturated/α-hetero) is 1. The summed E-state index contributed by atoms with van der Waals surface area (Å²) in [6.45, 7) is 56.4. The number of thioether (sulfide) groups is 1. The van der Waals surface area contributed by atoms with Crippen molar-refractivity contribution in [2.75, 3.05) is 7.05 Å². The van der Waals surface area contributed by atoms with Crippen LogP contribution >= 0.6 is 35.3 Å². The molecule has 0 unspecified atom stereocenters. The summed E-state index contributed by atoms with van der Waals surface area (Å²) in [7, 11) is 3.51. The zero-order valence-electron chi connectivity index (χ0n) is 58.0. The van der Waals surface area contributed by atoms with Gasteiger partial charge in [0.25, 0.3) is 11.5 Å². The van der Waals surface area contributed by atoms with Gasteiger partial charge in [0.15, 0.2) is 11.5 Å². The highest BCUT2D eigenvalue weighted by Gasteiger charge is 2.45. The van der Waals surface area contributed by atoms with E-state index in [0.717, 1.165) is 52.0 Å². The number of nitrogens with zero attached hydrogens (tertiary/aromatic N) is 7. The van der Waals surface area contributed by atoms with Gasteiger partial charge in [0.05, 0.1) is 59.1 Å². The molecule has 0 aliphatic carbocycles. The minimum Gasteiger partial charge on any atom is -0.483 e. The number of amidine groups is 1. The van der Waals surface area contributed by atoms with Crippen LogP contribution in [0.5, 0.6) is 0 Å². The predicted octanol–water partition coefficient (Wildman–Crippen LogP) is 17.1. The molecule has 0 atom stereocenters. The number of aromatic nitrogens is 1. The molecule has 1 aromatic heterocycles. The van der Waals surface area contributed by atoms with Crippen molar-refractivity contribution in [3.63, 3.8) is 0 Å². The van der Waals surface area contributed by atoms with Gasteiger partial charge in [0.1, 0.15) is 40.6 Å². The highest BCUT2D eigenvalue weighted by molar-refractivity contribution is 8.27. The average molecular weight is 1260 g/mol. The Kier molecular flexibility index (Phi) is 26.5. The summed E-state index contributed by atoms with van der Waals surface area (Å²) >= 11 is 7.86. The Morgan fingerprint density at radius 2 is 1.16 bits per heavy atom. The van der Waals surface area contributed by atoms with Gasteiger partial charge in [-0.1, -0.05) is 240 Å². The third-order valence-electron chi connectivity index (χ3n) is 13.0. The second kappa shape index (κ2) is 30.4. The molecule has 0 radical (unpaired) electrons. The SMILES string of the molecule is C/C(C#N)=C1/OC(C)(C)C(C(C)(C)C)=C1C#N.C=C1OC(C)(C)C(C(C)(C)C)=C1C#N.C=c1s/c(=C/C(C)(C)C)c(=O)n1C.CC(C)(C)/C=C1\SC(=S)CC1=O.CN1C(=O)/C(=C/C(C)(C)C)N=C1c1ccccc1.Cc1ccc(/C(C#N)=C/C(C)(C)C)cc1. The predicted molar refractivity (Wildman–Crippen MR) is 375 cm³/mol. The van der Waals surface area contributed by atoms with Crippen LogP contribution in [0.2, 0.25) is 0 Å². The smallest absolute Gasteiger partial charge is 0.277 e. The van der Waals surface area contributed by atoms with Crippen molar-refractivity contribution >= 4 is 75.3 Å². The van der Waals surface area contributed by atoms with E-state index in [1.807, 2.05) is 114 Å². The van der Waals surface area contributed by atoms with Crippen molar-refractivity contribution < 1.29 is 19.1 Å². The van der Waals surface area contributed by atoms with E-state index >= 15 is 0 Å². The number of ether oxygens (including phenoxy) is 2. The molecule has 7 rings (SSSR count). The van der Waals surface area contributed by atoms with Gasteiger partial charge in [-0.15, -0.1) is 11.3 Å². The first-order valence-corrected chi connectivity index (χ1v) is 31.6. The summed E-state index contributed by atoms with van der Waals surface area (Å²) in [6, 6.07) is 26.5. The molecule has 0 N–H and O–H groups in total. The van der Waals surface area contributed by atoms with Gasteiger partial charge in [-0.2, -0.15) is 21.0 Å². The summed E-state index contributed by atoms with van der Waals surface area (Å²) < 4.78 is 15.4. The number of amides is 1. The van der Waals surface area contributed by atoms with Gasteiger partial charge >= 0.3 is 0 Å². The maximum Gasteiger partial charge on any atom is 0.277 e. The highest BCUT2D eigenvalue weighted by Crippen LogP contribution is 2.48. The number of allylic oxidation sites excluding steroid dienone is 8. The number of hydrogen-bond acceptors (Lipinski definition) is 13. The first-order chi connectivity index (χ1) is 40.3. The number of hydrogen-bond donors (Lipinski definition) is 0. The molecule has 2 aromatic carbocycles. The average Bonchev–Trinajstić information content (AvgIpc) is 1.65. The third kappa shape index (κ3) is 23.8. The van der Waals surface area contributed by atoms with Gasteiger partial charge in [-0.25, -0.2) is 4.99 Å². The number of nitriles is 4. The molecule has 5 heterocycles. The molecule has 89 heavy (non-hydrogen) atoms. The van der Waals surface area contributed by atoms with Crippen molar-refractivity contribution in [2.24, 2.45) is 44.5 Å². The summed E-state index contributed by atoms with van der Waals surface area (Å²) in [5, 5.41) is 36.4. The second-order valence-electron chi connectivity index (χ2n) is 29.6. The molecule has 12 nitrogen and oxygen atoms in total. The lowest BCUT2D eigenvalue weighted by atomic mass is 9.76. The Bertz CT molecular complexity index is 3750. The molecule has 0 bridgehead atoms. The fraction of sp³-hybridized carbons (Fsp3) is 0.473. The molecule has 476 valence electrons. The lowest BCUT2D eigenvalue weighted by Crippen LogP contribution is -2.29. The summed E-state index contributed by atoms with van der Waals surface area (Å²) in [4.78, 5) is 41.9. The van der Waals surface area contributed by atoms with Crippen LogP contribution in [-0.2, 0) is 26.1 Å². The lowest BCUT2D eigenvalue weighted by Gasteiger charge is -2.31. The van der Waals surface area contributed by atoms with Gasteiger partial charge in [-0.3, -0.25) is 19.3 Å². The largest absolute Gasteiger partial charge is 0.483 e. The van der Waals surface area contributed by atoms with E-state index < -0.39 is 11.2 Å². The number of thiocarbonyl (C=S) groups is 1. The zero-order chi connectivity index (χ0) is 69.0. The Hall–Kier alpha value is -7.40. The molecule has 3 aromatic rings. The molecular weight excluding hydrogens is 1160 g/mol. The Morgan fingerprint density at radius 3 is 1.54 bits per heavy atom. The minimum atomic E-state index is -0.531. The molecule has 1 saturated heterocycles. The summed E-state index contributed by atoms with van der Waals surface area (Å²) in [5.74, 6) is 1.80. The quantitative estimate of drug-likeness (QED) is 0.135. The van der Waals surface area contributed by atoms with Crippen molar-refractivity contribution in [3.8, 4) is 24.3 Å². The Morgan fingerprint density at radius 1 is 0.674 bits per heavy atom. The molecule has 1 fully saturated rings. The fourth-order valence-corrected chi connectivity index (χ4v) is 12.4. The highest BCUT2D eigenvalue weighted by atomic mass is 32.2. The van der Waals surface area contributed by atoms with E-state index in [2.05, 4.69) is 167 Å². The number of carbonyl (C=O) groups excluding carboxylic acids is 2. The molecule has 4 aliphatic heterocycles. The Balaban J connectivity index is 0.000000366. The topological polar surface area (TPSA) is 185 Å². The van der Waals surface area contributed by atoms with Crippen LogP contribution in [0.25, 0.3) is 18.2 Å². The van der Waals surface area contributed by atoms with Crippen LogP contribution in [0.1, 0.15) is 182 Å². The number of ketones is 1. The van der Waals surface area contributed by atoms with E-state index in [9.17, 15) is 19.6 Å². The first-order valence-electron chi connectivity index (χ1n) is 29.5. The van der Waals surface area contributed by atoms with E-state index in [-0.39, 0.29) is 49.7 Å². The molecule has 0 saturated carbocycles. The maximum atomic E-state index is 12.1. The molecular formula is C74H97N7O5S3. The molecule has 15 heteroatoms. The van der Waals surface area contributed by atoms with Crippen LogP contribution in [0.15, 0.2) is 139 Å². The standard InChI is InChI=1S/C15H18N2O.C14H18N2O.C14H17N.C12H17NO.C10H15NOS.C9H12OS2/c1-15(2,3)10-12-14(18)17(4)13(16-12)11-8-6-5-7-9-11;1-9(7-15)11-10(8-16)12(13(2,3)4)14(5,6)17-11;1-11-5-7-12(8-6-11)13(10-15)9-14(2,3)4;1-8-9(7-13)10(11(2,3)4)12(5,6)14-8;1-7-11(5)9(12)8(13-7)6-10(2,3)4;1-9(2,3)5-7-6(10)4-8(11)12-7/h5-10H,1-4H3;1-6H3;5-9H,1-4H3;1H2,2-6H3;6H,1H2,2-5H3;5H,4H2,1-3H3/b12-10-;11-9-;13-9+;;8-6+;7-5-. The van der Waals surface area contributed by atoms with Crippen LogP contribution in [-0.4, -0.2) is 49.4 Å². The first kappa shape index (κ1) is 77.7. The second-order valence-corrected chi connectivity index (χ2v) is 32.6. The van der Waals surface area contributed by atoms with Crippen molar-refractivity contribution in [2.45, 2.75) is 184 Å². The number of likely N-dealkylation sites (N-methyl/N-ethyl adjacent to an activating group) is 1. The third-order valence-corrected chi connectivity index (χ3v) is 15.3. The Labute approximate surface area is 546 Å². The summed E-state index contributed by atoms with van der Waals surface area (Å²) in [6.07, 6.45) is 8.37. The van der Waals surface area contributed by atoms with Crippen molar-refractivity contribution in [1.82, 2.24) is 9.47 Å². The molecule has 4 aliphatic rings. The van der Waals surface area contributed by atoms with E-state index in [1.165, 1.54) is 28.7 Å². The van der Waals surface area contributed by atoms with Gasteiger partial charge in [0, 0.05) is 19.7 Å². The lowest BCUT2D eigenvalue weighted by molar-refractivity contribution is -0.121. The van der Waals surface area contributed by atoms with Crippen LogP contribution < -0.4 is 14.8 Å². The van der Waals surface area contributed by atoms with Crippen LogP contribution in [0, 0.1) is 84.7 Å². The van der Waals surface area contributed by atoms with Gasteiger partial charge in [-0.05, 0) is 96.8 Å².